The van der Waals surface area contributed by atoms with Gasteiger partial charge in [-0.2, -0.15) is 0 Å². The molecule has 3 aromatic rings. The molecule has 0 radical (unpaired) electrons. The Morgan fingerprint density at radius 1 is 1.16 bits per heavy atom. The Morgan fingerprint density at radius 2 is 1.84 bits per heavy atom. The maximum Gasteiger partial charge on any atom is 0.204 e. The number of nitrogens with zero attached hydrogens (tertiary/aromatic N) is 4. The Labute approximate surface area is 195 Å². The quantitative estimate of drug-likeness (QED) is 0.494. The normalized spacial score (nSPS) is 18.0. The molecule has 2 heterocycles. The van der Waals surface area contributed by atoms with Gasteiger partial charge in [-0.1, -0.05) is 61.9 Å². The average molecular weight is 471 g/mol. The molecule has 0 saturated carbocycles. The fourth-order valence-corrected chi connectivity index (χ4v) is 6.32. The zero-order valence-electron chi connectivity index (χ0n) is 19.0. The van der Waals surface area contributed by atoms with Gasteiger partial charge in [0.2, 0.25) is 4.77 Å². The summed E-state index contributed by atoms with van der Waals surface area (Å²) in [6.45, 7) is 6.85. The first kappa shape index (κ1) is 22.9. The number of rotatable bonds is 6. The van der Waals surface area contributed by atoms with Crippen molar-refractivity contribution in [3.05, 3.63) is 64.4 Å². The van der Waals surface area contributed by atoms with Crippen molar-refractivity contribution < 1.29 is 8.42 Å². The highest BCUT2D eigenvalue weighted by molar-refractivity contribution is 7.91. The second kappa shape index (κ2) is 8.92. The van der Waals surface area contributed by atoms with E-state index in [2.05, 4.69) is 61.7 Å². The van der Waals surface area contributed by atoms with Gasteiger partial charge in [0.1, 0.15) is 0 Å². The van der Waals surface area contributed by atoms with E-state index in [9.17, 15) is 8.42 Å². The van der Waals surface area contributed by atoms with Crippen molar-refractivity contribution in [1.29, 1.82) is 0 Å². The third kappa shape index (κ3) is 4.58. The van der Waals surface area contributed by atoms with Crippen LogP contribution in [0.15, 0.2) is 48.5 Å². The van der Waals surface area contributed by atoms with Crippen molar-refractivity contribution in [2.75, 3.05) is 18.6 Å². The fraction of sp³-hybridized carbons (Fsp3) is 0.417. The minimum absolute atomic E-state index is 0.0159. The van der Waals surface area contributed by atoms with E-state index in [0.29, 0.717) is 23.8 Å². The molecule has 0 amide bonds. The van der Waals surface area contributed by atoms with Gasteiger partial charge < -0.3 is 0 Å². The summed E-state index contributed by atoms with van der Waals surface area (Å²) < 4.78 is 28.4. The SMILES string of the molecule is Cc1ccc(-c2nn(CN(C)[C@@H]3CCS(=O)(=O)C3)c(=S)n2-c2ccccc2C(C)C)cc1. The van der Waals surface area contributed by atoms with Gasteiger partial charge in [0.15, 0.2) is 15.7 Å². The van der Waals surface area contributed by atoms with Crippen LogP contribution in [-0.4, -0.2) is 52.3 Å². The molecule has 1 aliphatic heterocycles. The van der Waals surface area contributed by atoms with E-state index in [-0.39, 0.29) is 17.5 Å². The van der Waals surface area contributed by atoms with Crippen molar-refractivity contribution in [3.63, 3.8) is 0 Å². The molecular formula is C24H30N4O2S2. The van der Waals surface area contributed by atoms with Crippen LogP contribution in [0, 0.1) is 11.7 Å². The van der Waals surface area contributed by atoms with Gasteiger partial charge in [-0.05, 0) is 50.2 Å². The Morgan fingerprint density at radius 3 is 2.47 bits per heavy atom. The Hall–Kier alpha value is -2.29. The lowest BCUT2D eigenvalue weighted by atomic mass is 10.0. The first-order chi connectivity index (χ1) is 15.2. The molecule has 4 rings (SSSR count). The standard InChI is InChI=1S/C24H30N4O2S2/c1-17(2)21-7-5-6-8-22(21)28-23(19-11-9-18(3)10-12-19)25-27(24(28)31)16-26(4)20-13-14-32(29,30)15-20/h5-12,17,20H,13-16H2,1-4H3/t20-/m1/s1. The van der Waals surface area contributed by atoms with Crippen molar-refractivity contribution >= 4 is 22.1 Å². The van der Waals surface area contributed by atoms with Crippen LogP contribution in [0.5, 0.6) is 0 Å². The van der Waals surface area contributed by atoms with Crippen LogP contribution in [0.4, 0.5) is 0 Å². The zero-order chi connectivity index (χ0) is 23.0. The van der Waals surface area contributed by atoms with Crippen LogP contribution in [0.1, 0.15) is 37.3 Å². The smallest absolute Gasteiger partial charge is 0.204 e. The van der Waals surface area contributed by atoms with E-state index in [4.69, 9.17) is 17.3 Å². The van der Waals surface area contributed by atoms with Crippen LogP contribution >= 0.6 is 12.2 Å². The van der Waals surface area contributed by atoms with Gasteiger partial charge in [-0.25, -0.2) is 13.1 Å². The summed E-state index contributed by atoms with van der Waals surface area (Å²) in [7, 11) is -1.01. The lowest BCUT2D eigenvalue weighted by molar-refractivity contribution is 0.196. The Balaban J connectivity index is 1.81. The highest BCUT2D eigenvalue weighted by Crippen LogP contribution is 2.29. The molecule has 0 N–H and O–H groups in total. The van der Waals surface area contributed by atoms with E-state index in [1.807, 2.05) is 28.8 Å². The van der Waals surface area contributed by atoms with Gasteiger partial charge in [0.25, 0.3) is 0 Å². The van der Waals surface area contributed by atoms with Crippen molar-refractivity contribution in [3.8, 4) is 17.1 Å². The molecule has 1 aliphatic rings. The first-order valence-corrected chi connectivity index (χ1v) is 13.2. The molecule has 32 heavy (non-hydrogen) atoms. The summed E-state index contributed by atoms with van der Waals surface area (Å²) in [5, 5.41) is 4.92. The van der Waals surface area contributed by atoms with Gasteiger partial charge in [-0.3, -0.25) is 9.47 Å². The summed E-state index contributed by atoms with van der Waals surface area (Å²) in [4.78, 5) is 2.05. The molecule has 0 spiro atoms. The third-order valence-electron chi connectivity index (χ3n) is 6.14. The average Bonchev–Trinajstić information content (AvgIpc) is 3.28. The number of aromatic nitrogens is 3. The maximum atomic E-state index is 11.9. The van der Waals surface area contributed by atoms with Crippen LogP contribution < -0.4 is 0 Å². The van der Waals surface area contributed by atoms with Crippen molar-refractivity contribution in [2.24, 2.45) is 0 Å². The highest BCUT2D eigenvalue weighted by Gasteiger charge is 2.31. The lowest BCUT2D eigenvalue weighted by Crippen LogP contribution is -2.34. The van der Waals surface area contributed by atoms with Crippen molar-refractivity contribution in [2.45, 2.75) is 45.8 Å². The number of hydrogen-bond donors (Lipinski definition) is 0. The van der Waals surface area contributed by atoms with E-state index < -0.39 is 9.84 Å². The Kier molecular flexibility index (Phi) is 6.38. The predicted octanol–water partition coefficient (Wildman–Crippen LogP) is 4.58. The number of para-hydroxylation sites is 1. The molecule has 0 aliphatic carbocycles. The molecule has 0 bridgehead atoms. The molecular weight excluding hydrogens is 440 g/mol. The molecule has 2 aromatic carbocycles. The van der Waals surface area contributed by atoms with E-state index in [1.165, 1.54) is 11.1 Å². The monoisotopic (exact) mass is 470 g/mol. The summed E-state index contributed by atoms with van der Waals surface area (Å²) in [5.41, 5.74) is 4.40. The lowest BCUT2D eigenvalue weighted by Gasteiger charge is -2.22. The summed E-state index contributed by atoms with van der Waals surface area (Å²) in [6, 6.07) is 16.6. The van der Waals surface area contributed by atoms with E-state index >= 15 is 0 Å². The molecule has 8 heteroatoms. The fourth-order valence-electron chi connectivity index (χ4n) is 4.24. The summed E-state index contributed by atoms with van der Waals surface area (Å²) >= 11 is 5.92. The van der Waals surface area contributed by atoms with Gasteiger partial charge in [-0.15, -0.1) is 5.10 Å². The predicted molar refractivity (Wildman–Crippen MR) is 131 cm³/mol. The molecule has 1 saturated heterocycles. The molecule has 1 atom stereocenters. The largest absolute Gasteiger partial charge is 0.283 e. The molecule has 1 aromatic heterocycles. The van der Waals surface area contributed by atoms with Gasteiger partial charge in [0, 0.05) is 11.6 Å². The minimum Gasteiger partial charge on any atom is -0.283 e. The highest BCUT2D eigenvalue weighted by atomic mass is 32.2. The van der Waals surface area contributed by atoms with Crippen molar-refractivity contribution in [1.82, 2.24) is 19.2 Å². The van der Waals surface area contributed by atoms with Crippen LogP contribution in [-0.2, 0) is 16.5 Å². The minimum atomic E-state index is -2.95. The van der Waals surface area contributed by atoms with E-state index in [0.717, 1.165) is 17.1 Å². The summed E-state index contributed by atoms with van der Waals surface area (Å²) in [6.07, 6.45) is 0.647. The van der Waals surface area contributed by atoms with Crippen LogP contribution in [0.2, 0.25) is 0 Å². The maximum absolute atomic E-state index is 11.9. The molecule has 170 valence electrons. The molecule has 6 nitrogen and oxygen atoms in total. The summed E-state index contributed by atoms with van der Waals surface area (Å²) in [5.74, 6) is 1.56. The Bertz CT molecular complexity index is 1270. The number of sulfone groups is 1. The number of benzene rings is 2. The first-order valence-electron chi connectivity index (χ1n) is 10.9. The second-order valence-electron chi connectivity index (χ2n) is 8.98. The topological polar surface area (TPSA) is 60.1 Å². The van der Waals surface area contributed by atoms with Crippen LogP contribution in [0.3, 0.4) is 0 Å². The van der Waals surface area contributed by atoms with E-state index in [1.54, 1.807) is 0 Å². The molecule has 0 unspecified atom stereocenters. The molecule has 1 fully saturated rings. The van der Waals surface area contributed by atoms with Gasteiger partial charge in [0.05, 0.1) is 23.9 Å². The van der Waals surface area contributed by atoms with Gasteiger partial charge >= 0.3 is 0 Å². The van der Waals surface area contributed by atoms with Crippen LogP contribution in [0.25, 0.3) is 17.1 Å². The zero-order valence-corrected chi connectivity index (χ0v) is 20.7. The number of aryl methyl sites for hydroxylation is 1. The third-order valence-corrected chi connectivity index (χ3v) is 8.28. The number of hydrogen-bond acceptors (Lipinski definition) is 5. The second-order valence-corrected chi connectivity index (χ2v) is 11.6.